The molecule has 0 unspecified atom stereocenters. The summed E-state index contributed by atoms with van der Waals surface area (Å²) in [5.41, 5.74) is -0.212. The molecule has 114 valence electrons. The maximum absolute atomic E-state index is 11.2. The van der Waals surface area contributed by atoms with Gasteiger partial charge in [0.2, 0.25) is 0 Å². The van der Waals surface area contributed by atoms with E-state index in [0.29, 0.717) is 6.54 Å². The molecule has 0 bridgehead atoms. The monoisotopic (exact) mass is 294 g/mol. The van der Waals surface area contributed by atoms with Crippen LogP contribution in [0, 0.1) is 15.5 Å². The van der Waals surface area contributed by atoms with Crippen LogP contribution in [0.25, 0.3) is 0 Å². The Bertz CT molecular complexity index is 552. The van der Waals surface area contributed by atoms with Gasteiger partial charge in [0.1, 0.15) is 0 Å². The lowest BCUT2D eigenvalue weighted by Crippen LogP contribution is -2.31. The smallest absolute Gasteiger partial charge is 0.337 e. The largest absolute Gasteiger partial charge is 0.478 e. The number of carbonyl (C=O) groups is 1. The fourth-order valence-electron chi connectivity index (χ4n) is 2.78. The van der Waals surface area contributed by atoms with Crippen molar-refractivity contribution in [2.24, 2.45) is 5.41 Å². The molecule has 0 spiro atoms. The zero-order valence-corrected chi connectivity index (χ0v) is 11.5. The van der Waals surface area contributed by atoms with Crippen LogP contribution in [0.3, 0.4) is 0 Å². The summed E-state index contributed by atoms with van der Waals surface area (Å²) in [6.07, 6.45) is 3.80. The summed E-state index contributed by atoms with van der Waals surface area (Å²) >= 11 is 0. The first-order valence-electron chi connectivity index (χ1n) is 6.84. The summed E-state index contributed by atoms with van der Waals surface area (Å²) in [5.74, 6) is -1.14. The second kappa shape index (κ2) is 6.09. The molecular formula is C14H18N2O5. The van der Waals surface area contributed by atoms with Crippen molar-refractivity contribution < 1.29 is 19.9 Å². The highest BCUT2D eigenvalue weighted by Gasteiger charge is 2.33. The minimum Gasteiger partial charge on any atom is -0.478 e. The zero-order chi connectivity index (χ0) is 15.5. The number of aliphatic hydroxyl groups excluding tert-OH is 1. The van der Waals surface area contributed by atoms with E-state index in [2.05, 4.69) is 5.32 Å². The van der Waals surface area contributed by atoms with E-state index in [1.54, 1.807) is 0 Å². The van der Waals surface area contributed by atoms with Gasteiger partial charge in [-0.15, -0.1) is 0 Å². The average molecular weight is 294 g/mol. The van der Waals surface area contributed by atoms with Gasteiger partial charge in [0, 0.05) is 24.1 Å². The van der Waals surface area contributed by atoms with Crippen LogP contribution in [-0.2, 0) is 0 Å². The van der Waals surface area contributed by atoms with E-state index >= 15 is 0 Å². The molecule has 0 aromatic heterocycles. The van der Waals surface area contributed by atoms with Gasteiger partial charge in [-0.1, -0.05) is 12.8 Å². The topological polar surface area (TPSA) is 113 Å². The van der Waals surface area contributed by atoms with Crippen molar-refractivity contribution in [2.45, 2.75) is 25.7 Å². The number of nitrogens with zero attached hydrogens (tertiary/aromatic N) is 1. The van der Waals surface area contributed by atoms with E-state index in [4.69, 9.17) is 5.11 Å². The molecule has 1 aromatic rings. The maximum Gasteiger partial charge on any atom is 0.337 e. The van der Waals surface area contributed by atoms with Crippen molar-refractivity contribution in [3.8, 4) is 0 Å². The Morgan fingerprint density at radius 1 is 1.38 bits per heavy atom. The first kappa shape index (κ1) is 15.2. The molecule has 1 saturated carbocycles. The van der Waals surface area contributed by atoms with Crippen LogP contribution in [-0.4, -0.2) is 34.3 Å². The third kappa shape index (κ3) is 3.30. The lowest BCUT2D eigenvalue weighted by molar-refractivity contribution is -0.384. The third-order valence-corrected chi connectivity index (χ3v) is 4.10. The van der Waals surface area contributed by atoms with Crippen LogP contribution in [0.5, 0.6) is 0 Å². The van der Waals surface area contributed by atoms with E-state index in [-0.39, 0.29) is 29.0 Å². The molecular weight excluding hydrogens is 276 g/mol. The number of nitro benzene ring substituents is 1. The number of anilines is 1. The minimum atomic E-state index is -1.14. The number of benzene rings is 1. The Morgan fingerprint density at radius 3 is 2.57 bits per heavy atom. The highest BCUT2D eigenvalue weighted by molar-refractivity contribution is 5.94. The second-order valence-corrected chi connectivity index (χ2v) is 5.51. The highest BCUT2D eigenvalue weighted by atomic mass is 16.6. The number of hydrogen-bond acceptors (Lipinski definition) is 5. The lowest BCUT2D eigenvalue weighted by atomic mass is 9.87. The lowest BCUT2D eigenvalue weighted by Gasteiger charge is -2.27. The Hall–Kier alpha value is -2.15. The summed E-state index contributed by atoms with van der Waals surface area (Å²) in [4.78, 5) is 21.4. The number of carboxylic acid groups (broad SMARTS) is 1. The molecule has 1 aliphatic carbocycles. The van der Waals surface area contributed by atoms with Crippen molar-refractivity contribution in [2.75, 3.05) is 18.5 Å². The number of rotatable bonds is 6. The predicted octanol–water partition coefficient (Wildman–Crippen LogP) is 2.26. The van der Waals surface area contributed by atoms with Crippen LogP contribution in [0.1, 0.15) is 36.0 Å². The van der Waals surface area contributed by atoms with Crippen molar-refractivity contribution in [1.29, 1.82) is 0 Å². The third-order valence-electron chi connectivity index (χ3n) is 4.10. The highest BCUT2D eigenvalue weighted by Crippen LogP contribution is 2.38. The van der Waals surface area contributed by atoms with Crippen molar-refractivity contribution in [3.63, 3.8) is 0 Å². The van der Waals surface area contributed by atoms with Crippen LogP contribution in [0.2, 0.25) is 0 Å². The predicted molar refractivity (Wildman–Crippen MR) is 76.5 cm³/mol. The molecule has 3 N–H and O–H groups in total. The molecule has 0 radical (unpaired) electrons. The molecule has 0 atom stereocenters. The van der Waals surface area contributed by atoms with E-state index in [9.17, 15) is 20.0 Å². The fraction of sp³-hybridized carbons (Fsp3) is 0.500. The first-order chi connectivity index (χ1) is 9.97. The number of nitrogens with one attached hydrogen (secondary N) is 1. The summed E-state index contributed by atoms with van der Waals surface area (Å²) in [7, 11) is 0. The van der Waals surface area contributed by atoms with Crippen LogP contribution < -0.4 is 5.32 Å². The van der Waals surface area contributed by atoms with E-state index in [1.807, 2.05) is 0 Å². The van der Waals surface area contributed by atoms with Crippen LogP contribution in [0.15, 0.2) is 18.2 Å². The van der Waals surface area contributed by atoms with Crippen molar-refractivity contribution in [1.82, 2.24) is 0 Å². The van der Waals surface area contributed by atoms with Gasteiger partial charge in [-0.25, -0.2) is 4.79 Å². The van der Waals surface area contributed by atoms with Gasteiger partial charge in [-0.05, 0) is 18.9 Å². The summed E-state index contributed by atoms with van der Waals surface area (Å²) < 4.78 is 0. The van der Waals surface area contributed by atoms with Gasteiger partial charge in [0.25, 0.3) is 5.69 Å². The number of aliphatic hydroxyl groups is 1. The Balaban J connectivity index is 2.22. The van der Waals surface area contributed by atoms with E-state index < -0.39 is 10.9 Å². The molecule has 0 heterocycles. The standard InChI is InChI=1S/C14H18N2O5/c17-9-14(5-1-2-6-14)8-15-12-7-10(16(20)21)3-4-11(12)13(18)19/h3-4,7,15,17H,1-2,5-6,8-9H2,(H,18,19). The minimum absolute atomic E-state index is 0.00770. The van der Waals surface area contributed by atoms with E-state index in [0.717, 1.165) is 25.7 Å². The van der Waals surface area contributed by atoms with Crippen LogP contribution in [0.4, 0.5) is 11.4 Å². The molecule has 0 amide bonds. The zero-order valence-electron chi connectivity index (χ0n) is 11.5. The van der Waals surface area contributed by atoms with Gasteiger partial charge < -0.3 is 15.5 Å². The van der Waals surface area contributed by atoms with Gasteiger partial charge in [-0.3, -0.25) is 10.1 Å². The molecule has 1 aromatic carbocycles. The molecule has 1 aliphatic rings. The van der Waals surface area contributed by atoms with Gasteiger partial charge in [0.05, 0.1) is 22.8 Å². The van der Waals surface area contributed by atoms with E-state index in [1.165, 1.54) is 18.2 Å². The summed E-state index contributed by atoms with van der Waals surface area (Å²) in [6.45, 7) is 0.433. The quantitative estimate of drug-likeness (QED) is 0.548. The average Bonchev–Trinajstić information content (AvgIpc) is 2.94. The van der Waals surface area contributed by atoms with Crippen molar-refractivity contribution in [3.05, 3.63) is 33.9 Å². The Morgan fingerprint density at radius 2 is 2.05 bits per heavy atom. The fourth-order valence-corrected chi connectivity index (χ4v) is 2.78. The van der Waals surface area contributed by atoms with Gasteiger partial charge in [-0.2, -0.15) is 0 Å². The molecule has 21 heavy (non-hydrogen) atoms. The normalized spacial score (nSPS) is 16.6. The Kier molecular flexibility index (Phi) is 4.42. The van der Waals surface area contributed by atoms with Crippen LogP contribution >= 0.6 is 0 Å². The van der Waals surface area contributed by atoms with Gasteiger partial charge in [0.15, 0.2) is 0 Å². The number of aromatic carboxylic acids is 1. The summed E-state index contributed by atoms with van der Waals surface area (Å²) in [5, 5.41) is 32.5. The summed E-state index contributed by atoms with van der Waals surface area (Å²) in [6, 6.07) is 3.62. The molecule has 1 fully saturated rings. The van der Waals surface area contributed by atoms with Gasteiger partial charge >= 0.3 is 5.97 Å². The number of nitro groups is 1. The Labute approximate surface area is 121 Å². The number of non-ortho nitro benzene ring substituents is 1. The molecule has 0 aliphatic heterocycles. The number of carboxylic acids is 1. The second-order valence-electron chi connectivity index (χ2n) is 5.51. The SMILES string of the molecule is O=C(O)c1ccc([N+](=O)[O-])cc1NCC1(CO)CCCC1. The number of hydrogen-bond donors (Lipinski definition) is 3. The molecule has 2 rings (SSSR count). The van der Waals surface area contributed by atoms with Crippen molar-refractivity contribution >= 4 is 17.3 Å². The molecule has 0 saturated heterocycles. The molecule has 7 heteroatoms. The maximum atomic E-state index is 11.2. The first-order valence-corrected chi connectivity index (χ1v) is 6.84. The molecule has 7 nitrogen and oxygen atoms in total.